The standard InChI is InChI=1S/C25H34N4O5S/c1-28(24(31)17-34-23-7-3-5-19-6-4-13-26-25(19)23)22(16-29-14-12-21(30)15-29)18-8-10-20(11-9-18)27-35(2,32)33/h3,5,7-11,21-22,26-27,30H,4,6,12-17H2,1-2H3/t21-,22+/m0/s1. The van der Waals surface area contributed by atoms with Crippen molar-refractivity contribution in [3.8, 4) is 5.75 Å². The molecule has 2 aliphatic rings. The van der Waals surface area contributed by atoms with Gasteiger partial charge in [0.25, 0.3) is 5.91 Å². The molecule has 0 bridgehead atoms. The molecule has 0 spiro atoms. The largest absolute Gasteiger partial charge is 0.482 e. The summed E-state index contributed by atoms with van der Waals surface area (Å²) in [6, 6.07) is 12.7. The number of hydrogen-bond donors (Lipinski definition) is 3. The molecule has 1 saturated heterocycles. The van der Waals surface area contributed by atoms with Crippen LogP contribution in [0, 0.1) is 0 Å². The van der Waals surface area contributed by atoms with Crippen LogP contribution >= 0.6 is 0 Å². The van der Waals surface area contributed by atoms with E-state index in [2.05, 4.69) is 21.0 Å². The van der Waals surface area contributed by atoms with Gasteiger partial charge in [0, 0.05) is 38.9 Å². The van der Waals surface area contributed by atoms with E-state index in [-0.39, 0.29) is 24.7 Å². The molecule has 2 aromatic carbocycles. The summed E-state index contributed by atoms with van der Waals surface area (Å²) in [6.07, 6.45) is 3.51. The molecule has 2 heterocycles. The third-order valence-corrected chi connectivity index (χ3v) is 7.13. The maximum atomic E-state index is 13.2. The third-order valence-electron chi connectivity index (χ3n) is 6.53. The number of hydrogen-bond acceptors (Lipinski definition) is 7. The molecule has 0 radical (unpaired) electrons. The number of benzene rings is 2. The van der Waals surface area contributed by atoms with Gasteiger partial charge in [-0.25, -0.2) is 8.42 Å². The Bertz CT molecular complexity index is 1140. The first kappa shape index (κ1) is 25.3. The van der Waals surface area contributed by atoms with Crippen molar-refractivity contribution in [2.24, 2.45) is 0 Å². The highest BCUT2D eigenvalue weighted by Crippen LogP contribution is 2.32. The lowest BCUT2D eigenvalue weighted by atomic mass is 10.0. The maximum Gasteiger partial charge on any atom is 0.260 e. The van der Waals surface area contributed by atoms with E-state index in [9.17, 15) is 18.3 Å². The first-order valence-corrected chi connectivity index (χ1v) is 13.8. The molecule has 35 heavy (non-hydrogen) atoms. The second-order valence-corrected chi connectivity index (χ2v) is 11.1. The Morgan fingerprint density at radius 1 is 1.29 bits per heavy atom. The molecule has 4 rings (SSSR count). The zero-order valence-corrected chi connectivity index (χ0v) is 21.1. The number of anilines is 2. The van der Waals surface area contributed by atoms with Crippen LogP contribution in [-0.4, -0.2) is 81.4 Å². The second-order valence-electron chi connectivity index (χ2n) is 9.33. The highest BCUT2D eigenvalue weighted by atomic mass is 32.2. The summed E-state index contributed by atoms with van der Waals surface area (Å²) in [6.45, 7) is 2.66. The van der Waals surface area contributed by atoms with Gasteiger partial charge >= 0.3 is 0 Å². The molecule has 1 amide bonds. The summed E-state index contributed by atoms with van der Waals surface area (Å²) >= 11 is 0. The first-order chi connectivity index (χ1) is 16.7. The van der Waals surface area contributed by atoms with Crippen LogP contribution in [0.25, 0.3) is 0 Å². The molecule has 190 valence electrons. The number of fused-ring (bicyclic) bond motifs is 1. The van der Waals surface area contributed by atoms with Crippen molar-refractivity contribution in [1.82, 2.24) is 9.80 Å². The molecule has 2 aliphatic heterocycles. The van der Waals surface area contributed by atoms with Crippen molar-refractivity contribution in [3.05, 3.63) is 53.6 Å². The lowest BCUT2D eigenvalue weighted by Crippen LogP contribution is -2.41. The summed E-state index contributed by atoms with van der Waals surface area (Å²) in [4.78, 5) is 17.0. The van der Waals surface area contributed by atoms with Crippen molar-refractivity contribution < 1.29 is 23.1 Å². The number of carbonyl (C=O) groups excluding carboxylic acids is 1. The quantitative estimate of drug-likeness (QED) is 0.481. The van der Waals surface area contributed by atoms with Crippen LogP contribution in [-0.2, 0) is 21.2 Å². The smallest absolute Gasteiger partial charge is 0.260 e. The number of aliphatic hydroxyl groups excluding tert-OH is 1. The number of β-amino-alcohol motifs (C(OH)–C–C–N with tert-alkyl or cyclic N) is 1. The zero-order chi connectivity index (χ0) is 25.0. The van der Waals surface area contributed by atoms with Crippen LogP contribution in [0.4, 0.5) is 11.4 Å². The Morgan fingerprint density at radius 3 is 2.74 bits per heavy atom. The number of aliphatic hydroxyl groups is 1. The van der Waals surface area contributed by atoms with Gasteiger partial charge in [0.05, 0.1) is 24.1 Å². The average Bonchev–Trinajstić information content (AvgIpc) is 3.25. The van der Waals surface area contributed by atoms with Crippen LogP contribution in [0.5, 0.6) is 5.75 Å². The number of aryl methyl sites for hydroxylation is 1. The lowest BCUT2D eigenvalue weighted by Gasteiger charge is -2.32. The number of nitrogens with one attached hydrogen (secondary N) is 2. The van der Waals surface area contributed by atoms with Crippen LogP contribution in [0.15, 0.2) is 42.5 Å². The van der Waals surface area contributed by atoms with Gasteiger partial charge in [-0.3, -0.25) is 14.4 Å². The third kappa shape index (κ3) is 6.65. The molecule has 3 N–H and O–H groups in total. The van der Waals surface area contributed by atoms with Crippen molar-refractivity contribution in [1.29, 1.82) is 0 Å². The van der Waals surface area contributed by atoms with E-state index in [1.165, 1.54) is 5.56 Å². The van der Waals surface area contributed by atoms with Crippen LogP contribution in [0.3, 0.4) is 0 Å². The first-order valence-electron chi connectivity index (χ1n) is 11.9. The lowest BCUT2D eigenvalue weighted by molar-refractivity contribution is -0.134. The van der Waals surface area contributed by atoms with Gasteiger partial charge in [0.15, 0.2) is 6.61 Å². The van der Waals surface area contributed by atoms with E-state index >= 15 is 0 Å². The molecule has 0 aromatic heterocycles. The van der Waals surface area contributed by atoms with Crippen molar-refractivity contribution in [2.75, 3.05) is 56.1 Å². The average molecular weight is 503 g/mol. The van der Waals surface area contributed by atoms with Gasteiger partial charge in [-0.05, 0) is 48.6 Å². The molecule has 9 nitrogen and oxygen atoms in total. The predicted octanol–water partition coefficient (Wildman–Crippen LogP) is 2.06. The van der Waals surface area contributed by atoms with Gasteiger partial charge in [0.1, 0.15) is 5.75 Å². The Morgan fingerprint density at radius 2 is 2.06 bits per heavy atom. The van der Waals surface area contributed by atoms with Crippen LogP contribution < -0.4 is 14.8 Å². The highest BCUT2D eigenvalue weighted by molar-refractivity contribution is 7.92. The number of para-hydroxylation sites is 1. The van der Waals surface area contributed by atoms with Crippen LogP contribution in [0.1, 0.15) is 30.0 Å². The van der Waals surface area contributed by atoms with E-state index in [0.29, 0.717) is 30.9 Å². The number of sulfonamides is 1. The number of nitrogens with zero attached hydrogens (tertiary/aromatic N) is 2. The van der Waals surface area contributed by atoms with E-state index in [1.807, 2.05) is 24.3 Å². The molecule has 0 saturated carbocycles. The molecule has 0 unspecified atom stereocenters. The van der Waals surface area contributed by atoms with E-state index in [0.717, 1.165) is 43.4 Å². The summed E-state index contributed by atoms with van der Waals surface area (Å²) in [5.74, 6) is 0.515. The van der Waals surface area contributed by atoms with Crippen LogP contribution in [0.2, 0.25) is 0 Å². The van der Waals surface area contributed by atoms with Gasteiger partial charge in [-0.2, -0.15) is 0 Å². The summed E-state index contributed by atoms with van der Waals surface area (Å²) in [5.41, 5.74) is 3.50. The molecular formula is C25H34N4O5S. The van der Waals surface area contributed by atoms with Gasteiger partial charge in [-0.1, -0.05) is 24.3 Å². The molecule has 2 atom stereocenters. The summed E-state index contributed by atoms with van der Waals surface area (Å²) < 4.78 is 31.5. The van der Waals surface area contributed by atoms with E-state index in [1.54, 1.807) is 24.1 Å². The number of carbonyl (C=O) groups is 1. The number of rotatable bonds is 9. The number of likely N-dealkylation sites (N-methyl/N-ethyl adjacent to an activating group) is 1. The second kappa shape index (κ2) is 10.8. The normalized spacial score (nSPS) is 18.9. The fraction of sp³-hybridized carbons (Fsp3) is 0.480. The number of amides is 1. The fourth-order valence-electron chi connectivity index (χ4n) is 4.67. The summed E-state index contributed by atoms with van der Waals surface area (Å²) in [7, 11) is -1.62. The Hall–Kier alpha value is -2.82. The monoisotopic (exact) mass is 502 g/mol. The molecule has 10 heteroatoms. The molecular weight excluding hydrogens is 468 g/mol. The van der Waals surface area contributed by atoms with Crippen molar-refractivity contribution >= 4 is 27.3 Å². The van der Waals surface area contributed by atoms with E-state index in [4.69, 9.17) is 4.74 Å². The fourth-order valence-corrected chi connectivity index (χ4v) is 5.24. The Kier molecular flexibility index (Phi) is 7.83. The van der Waals surface area contributed by atoms with Crippen molar-refractivity contribution in [2.45, 2.75) is 31.4 Å². The summed E-state index contributed by atoms with van der Waals surface area (Å²) in [5, 5.41) is 13.3. The Balaban J connectivity index is 1.48. The number of ether oxygens (including phenoxy) is 1. The minimum atomic E-state index is -3.38. The highest BCUT2D eigenvalue weighted by Gasteiger charge is 2.28. The minimum absolute atomic E-state index is 0.0958. The Labute approximate surface area is 207 Å². The zero-order valence-electron chi connectivity index (χ0n) is 20.2. The van der Waals surface area contributed by atoms with Gasteiger partial charge in [-0.15, -0.1) is 0 Å². The topological polar surface area (TPSA) is 111 Å². The predicted molar refractivity (Wildman–Crippen MR) is 136 cm³/mol. The van der Waals surface area contributed by atoms with Gasteiger partial charge in [0.2, 0.25) is 10.0 Å². The molecule has 2 aromatic rings. The van der Waals surface area contributed by atoms with Crippen molar-refractivity contribution in [3.63, 3.8) is 0 Å². The SMILES string of the molecule is CN(C(=O)COc1cccc2c1NCCC2)[C@H](CN1CC[C@H](O)C1)c1ccc(NS(C)(=O)=O)cc1. The van der Waals surface area contributed by atoms with E-state index < -0.39 is 10.0 Å². The number of likely N-dealkylation sites (tertiary alicyclic amines) is 1. The molecule has 0 aliphatic carbocycles. The minimum Gasteiger partial charge on any atom is -0.482 e. The maximum absolute atomic E-state index is 13.2. The van der Waals surface area contributed by atoms with Gasteiger partial charge < -0.3 is 20.1 Å². The molecule has 1 fully saturated rings.